The molecule has 7 heteroatoms. The number of unbranched alkanes of at least 4 members (excludes halogenated alkanes) is 22. The number of nitrogens with zero attached hydrogens (tertiary/aromatic N) is 2. The van der Waals surface area contributed by atoms with Crippen molar-refractivity contribution in [3.63, 3.8) is 0 Å². The van der Waals surface area contributed by atoms with Crippen molar-refractivity contribution >= 4 is 11.8 Å². The minimum atomic E-state index is -0.937. The zero-order valence-electron chi connectivity index (χ0n) is 35.2. The molecule has 52 heavy (non-hydrogen) atoms. The van der Waals surface area contributed by atoms with Crippen LogP contribution in [0.5, 0.6) is 0 Å². The summed E-state index contributed by atoms with van der Waals surface area (Å²) >= 11 is 0. The zero-order valence-corrected chi connectivity index (χ0v) is 35.2. The first kappa shape index (κ1) is 50.8. The maximum Gasteiger partial charge on any atom is 0.225 e. The third kappa shape index (κ3) is 28.3. The zero-order chi connectivity index (χ0) is 38.5. The highest BCUT2D eigenvalue weighted by molar-refractivity contribution is 5.79. The number of aliphatic hydroxyl groups excluding tert-OH is 3. The van der Waals surface area contributed by atoms with Crippen molar-refractivity contribution in [3.05, 3.63) is 0 Å². The highest BCUT2D eigenvalue weighted by Gasteiger charge is 2.29. The van der Waals surface area contributed by atoms with Crippen molar-refractivity contribution in [2.45, 2.75) is 226 Å². The Morgan fingerprint density at radius 1 is 0.404 bits per heavy atom. The summed E-state index contributed by atoms with van der Waals surface area (Å²) in [5.74, 6) is -0.126. The summed E-state index contributed by atoms with van der Waals surface area (Å²) in [6, 6.07) is 0. The number of carbonyl (C=O) groups excluding carboxylic acids is 2. The van der Waals surface area contributed by atoms with E-state index in [4.69, 9.17) is 0 Å². The molecule has 0 rings (SSSR count). The van der Waals surface area contributed by atoms with Crippen molar-refractivity contribution in [2.24, 2.45) is 11.8 Å². The van der Waals surface area contributed by atoms with Gasteiger partial charge in [0.25, 0.3) is 0 Å². The normalized spacial score (nSPS) is 13.3. The Hall–Kier alpha value is -1.18. The molecule has 0 bridgehead atoms. The van der Waals surface area contributed by atoms with Gasteiger partial charge in [-0.15, -0.1) is 0 Å². The van der Waals surface area contributed by atoms with Gasteiger partial charge >= 0.3 is 0 Å². The number of carbonyl (C=O) groups is 2. The average molecular weight is 739 g/mol. The molecular formula is C45H90N2O5. The van der Waals surface area contributed by atoms with E-state index in [0.717, 1.165) is 77.0 Å². The molecule has 0 aromatic rings. The molecular weight excluding hydrogens is 649 g/mol. The molecule has 0 aromatic heterocycles. The van der Waals surface area contributed by atoms with E-state index < -0.39 is 6.10 Å². The highest BCUT2D eigenvalue weighted by Crippen LogP contribution is 2.24. The molecule has 0 saturated carbocycles. The maximum absolute atomic E-state index is 14.0. The summed E-state index contributed by atoms with van der Waals surface area (Å²) in [5, 5.41) is 31.3. The van der Waals surface area contributed by atoms with E-state index in [-0.39, 0.29) is 63.0 Å². The molecule has 0 spiro atoms. The average Bonchev–Trinajstić information content (AvgIpc) is 3.14. The summed E-state index contributed by atoms with van der Waals surface area (Å²) in [7, 11) is 0. The predicted molar refractivity (Wildman–Crippen MR) is 222 cm³/mol. The van der Waals surface area contributed by atoms with Crippen molar-refractivity contribution in [1.29, 1.82) is 0 Å². The van der Waals surface area contributed by atoms with Crippen LogP contribution in [-0.4, -0.2) is 82.4 Å². The minimum Gasteiger partial charge on any atom is -0.395 e. The highest BCUT2D eigenvalue weighted by atomic mass is 16.3. The van der Waals surface area contributed by atoms with Crippen LogP contribution in [0, 0.1) is 11.8 Å². The lowest BCUT2D eigenvalue weighted by molar-refractivity contribution is -0.140. The summed E-state index contributed by atoms with van der Waals surface area (Å²) in [5.41, 5.74) is 0. The second kappa shape index (κ2) is 38.1. The summed E-state index contributed by atoms with van der Waals surface area (Å²) in [4.78, 5) is 31.3. The van der Waals surface area contributed by atoms with E-state index in [1.807, 2.05) is 0 Å². The van der Waals surface area contributed by atoms with Gasteiger partial charge in [0.05, 0.1) is 19.3 Å². The summed E-state index contributed by atoms with van der Waals surface area (Å²) in [6.45, 7) is 9.19. The number of rotatable bonds is 40. The van der Waals surface area contributed by atoms with Crippen LogP contribution in [0.4, 0.5) is 0 Å². The van der Waals surface area contributed by atoms with Gasteiger partial charge in [0.2, 0.25) is 11.8 Å². The van der Waals surface area contributed by atoms with Crippen LogP contribution in [0.1, 0.15) is 220 Å². The molecule has 0 heterocycles. The van der Waals surface area contributed by atoms with Gasteiger partial charge in [-0.25, -0.2) is 0 Å². The molecule has 3 N–H and O–H groups in total. The van der Waals surface area contributed by atoms with Crippen molar-refractivity contribution in [1.82, 2.24) is 9.80 Å². The predicted octanol–water partition coefficient (Wildman–Crippen LogP) is 11.0. The molecule has 0 aliphatic heterocycles. The molecule has 0 saturated heterocycles. The maximum atomic E-state index is 14.0. The Labute approximate surface area is 323 Å². The molecule has 0 aliphatic rings. The summed E-state index contributed by atoms with van der Waals surface area (Å²) < 4.78 is 0. The Morgan fingerprint density at radius 2 is 0.635 bits per heavy atom. The van der Waals surface area contributed by atoms with Crippen LogP contribution in [0.25, 0.3) is 0 Å². The van der Waals surface area contributed by atoms with Crippen LogP contribution < -0.4 is 0 Å². The molecule has 310 valence electrons. The van der Waals surface area contributed by atoms with Gasteiger partial charge in [-0.1, -0.05) is 195 Å². The lowest BCUT2D eigenvalue weighted by Gasteiger charge is -2.32. The Morgan fingerprint density at radius 3 is 0.865 bits per heavy atom. The minimum absolute atomic E-state index is 0.0348. The number of hydrogen-bond acceptors (Lipinski definition) is 5. The molecule has 0 fully saturated rings. The van der Waals surface area contributed by atoms with Gasteiger partial charge in [-0.05, 0) is 25.7 Å². The fraction of sp³-hybridized carbons (Fsp3) is 0.956. The Balaban J connectivity index is 5.51. The van der Waals surface area contributed by atoms with Gasteiger partial charge < -0.3 is 25.1 Å². The molecule has 0 radical (unpaired) electrons. The third-order valence-corrected chi connectivity index (χ3v) is 11.0. The molecule has 0 aromatic carbocycles. The van der Waals surface area contributed by atoms with E-state index in [1.165, 1.54) is 116 Å². The van der Waals surface area contributed by atoms with Crippen LogP contribution in [-0.2, 0) is 9.59 Å². The van der Waals surface area contributed by atoms with E-state index in [2.05, 4.69) is 27.7 Å². The lowest BCUT2D eigenvalue weighted by Crippen LogP contribution is -2.48. The topological polar surface area (TPSA) is 101 Å². The quantitative estimate of drug-likeness (QED) is 0.0543. The van der Waals surface area contributed by atoms with E-state index in [1.54, 1.807) is 9.80 Å². The smallest absolute Gasteiger partial charge is 0.225 e. The second-order valence-corrected chi connectivity index (χ2v) is 16.0. The summed E-state index contributed by atoms with van der Waals surface area (Å²) in [6.07, 6.45) is 33.6. The number of amides is 2. The van der Waals surface area contributed by atoms with Gasteiger partial charge in [0, 0.05) is 38.0 Å². The van der Waals surface area contributed by atoms with Gasteiger partial charge in [0.15, 0.2) is 0 Å². The van der Waals surface area contributed by atoms with E-state index >= 15 is 0 Å². The standard InChI is InChI=1S/C45H90N2O5/c1-5-9-13-17-21-25-29-33-41(31-27-23-19-15-11-7-3)44(51)46(35-37-48)39-43(50)40-47(36-38-49)45(52)42(32-28-24-20-16-12-8-4)34-30-26-22-18-14-10-6-2/h41-43,48-50H,5-40H2,1-4H3. The van der Waals surface area contributed by atoms with Crippen LogP contribution in [0.2, 0.25) is 0 Å². The first-order valence-electron chi connectivity index (χ1n) is 22.9. The van der Waals surface area contributed by atoms with Crippen LogP contribution in [0.3, 0.4) is 0 Å². The monoisotopic (exact) mass is 739 g/mol. The first-order chi connectivity index (χ1) is 25.4. The van der Waals surface area contributed by atoms with Gasteiger partial charge in [0.1, 0.15) is 0 Å². The molecule has 0 aliphatic carbocycles. The van der Waals surface area contributed by atoms with Crippen LogP contribution >= 0.6 is 0 Å². The molecule has 2 atom stereocenters. The van der Waals surface area contributed by atoms with Crippen molar-refractivity contribution in [3.8, 4) is 0 Å². The lowest BCUT2D eigenvalue weighted by atomic mass is 9.92. The first-order valence-corrected chi connectivity index (χ1v) is 22.9. The second-order valence-electron chi connectivity index (χ2n) is 16.0. The molecule has 2 amide bonds. The van der Waals surface area contributed by atoms with E-state index in [0.29, 0.717) is 0 Å². The third-order valence-electron chi connectivity index (χ3n) is 11.0. The SMILES string of the molecule is CCCCCCCCCC(CCCCCCCC)C(=O)N(CCO)CC(O)CN(CCO)C(=O)C(CCCCCCCC)CCCCCCCCC. The van der Waals surface area contributed by atoms with Crippen molar-refractivity contribution < 1.29 is 24.9 Å². The molecule has 7 nitrogen and oxygen atoms in total. The Kier molecular flexibility index (Phi) is 37.2. The largest absolute Gasteiger partial charge is 0.395 e. The number of hydrogen-bond donors (Lipinski definition) is 3. The van der Waals surface area contributed by atoms with Gasteiger partial charge in [-0.2, -0.15) is 0 Å². The fourth-order valence-corrected chi connectivity index (χ4v) is 7.73. The Bertz CT molecular complexity index is 719. The molecule has 2 unspecified atom stereocenters. The fourth-order valence-electron chi connectivity index (χ4n) is 7.73. The van der Waals surface area contributed by atoms with Gasteiger partial charge in [-0.3, -0.25) is 9.59 Å². The number of aliphatic hydroxyl groups is 3. The van der Waals surface area contributed by atoms with Crippen LogP contribution in [0.15, 0.2) is 0 Å². The van der Waals surface area contributed by atoms with E-state index in [9.17, 15) is 24.9 Å². The van der Waals surface area contributed by atoms with Crippen molar-refractivity contribution in [2.75, 3.05) is 39.4 Å².